The quantitative estimate of drug-likeness (QED) is 0.252. The van der Waals surface area contributed by atoms with Gasteiger partial charge in [-0.15, -0.1) is 28.4 Å². The summed E-state index contributed by atoms with van der Waals surface area (Å²) >= 11 is 14.6. The van der Waals surface area contributed by atoms with Crippen LogP contribution in [-0.2, 0) is 11.5 Å². The van der Waals surface area contributed by atoms with Gasteiger partial charge >= 0.3 is 0 Å². The minimum Gasteiger partial charge on any atom is -0.297 e. The Kier molecular flexibility index (Phi) is 7.30. The molecule has 0 aliphatic rings. The van der Waals surface area contributed by atoms with Gasteiger partial charge in [0.2, 0.25) is 0 Å². The molecule has 0 aliphatic carbocycles. The van der Waals surface area contributed by atoms with Gasteiger partial charge in [-0.1, -0.05) is 57.9 Å². The Morgan fingerprint density at radius 2 is 1.48 bits per heavy atom. The van der Waals surface area contributed by atoms with Crippen LogP contribution in [-0.4, -0.2) is 4.92 Å². The first-order chi connectivity index (χ1) is 11.0. The van der Waals surface area contributed by atoms with Crippen molar-refractivity contribution in [2.75, 3.05) is 0 Å². The Morgan fingerprint density at radius 1 is 1.00 bits per heavy atom. The fraction of sp³-hybridized carbons (Fsp3) is 0.125. The van der Waals surface area contributed by atoms with Crippen LogP contribution in [0.4, 0.5) is 0 Å². The van der Waals surface area contributed by atoms with Crippen LogP contribution in [0, 0.1) is 16.3 Å². The first-order valence-electron chi connectivity index (χ1n) is 6.55. The molecular formula is C16H12Cl2NO2S2-. The summed E-state index contributed by atoms with van der Waals surface area (Å²) in [5.41, 5.74) is 2.02. The van der Waals surface area contributed by atoms with Crippen molar-refractivity contribution in [2.24, 2.45) is 0 Å². The van der Waals surface area contributed by atoms with E-state index in [0.29, 0.717) is 25.8 Å². The van der Waals surface area contributed by atoms with Crippen LogP contribution in [0.15, 0.2) is 52.8 Å². The predicted molar refractivity (Wildman–Crippen MR) is 99.2 cm³/mol. The van der Waals surface area contributed by atoms with Crippen LogP contribution in [0.2, 0.25) is 10.0 Å². The lowest BCUT2D eigenvalue weighted by atomic mass is 10.2. The van der Waals surface area contributed by atoms with Gasteiger partial charge in [0.1, 0.15) is 0 Å². The maximum Gasteiger partial charge on any atom is 0.0409 e. The topological polar surface area (TPSA) is 43.1 Å². The van der Waals surface area contributed by atoms with E-state index in [1.54, 1.807) is 12.1 Å². The Labute approximate surface area is 153 Å². The first-order valence-corrected chi connectivity index (χ1v) is 9.28. The van der Waals surface area contributed by atoms with Crippen LogP contribution in [0.1, 0.15) is 11.1 Å². The van der Waals surface area contributed by atoms with Crippen molar-refractivity contribution in [1.82, 2.24) is 0 Å². The summed E-state index contributed by atoms with van der Waals surface area (Å²) < 4.78 is 0.523. The van der Waals surface area contributed by atoms with Gasteiger partial charge in [-0.3, -0.25) is 10.1 Å². The molecular weight excluding hydrogens is 373 g/mol. The third-order valence-electron chi connectivity index (χ3n) is 2.70. The number of benzene rings is 2. The van der Waals surface area contributed by atoms with E-state index in [1.807, 2.05) is 36.4 Å². The first kappa shape index (κ1) is 18.2. The molecule has 0 aliphatic heterocycles. The molecule has 2 aromatic carbocycles. The van der Waals surface area contributed by atoms with Crippen molar-refractivity contribution in [3.05, 3.63) is 90.3 Å². The molecule has 0 aromatic heterocycles. The highest BCUT2D eigenvalue weighted by molar-refractivity contribution is 8.21. The lowest BCUT2D eigenvalue weighted by Crippen LogP contribution is -1.89. The zero-order chi connectivity index (χ0) is 16.7. The minimum absolute atomic E-state index is 0.523. The van der Waals surface area contributed by atoms with E-state index in [2.05, 4.69) is 6.20 Å². The van der Waals surface area contributed by atoms with Crippen molar-refractivity contribution < 1.29 is 4.92 Å². The highest BCUT2D eigenvalue weighted by atomic mass is 35.5. The Bertz CT molecular complexity index is 671. The number of rotatable bonds is 7. The van der Waals surface area contributed by atoms with Gasteiger partial charge in [-0.05, 0) is 35.4 Å². The van der Waals surface area contributed by atoms with Gasteiger partial charge in [0.15, 0.2) is 0 Å². The van der Waals surface area contributed by atoms with Gasteiger partial charge in [0.05, 0.1) is 0 Å². The molecule has 7 heteroatoms. The molecule has 0 N–H and O–H groups in total. The molecule has 0 saturated carbocycles. The molecule has 0 spiro atoms. The standard InChI is InChI=1S/C16H12Cl2NO2S2/c17-14-5-1-3-12(7-14)10-22-16(9-19(20)21)23-11-13-4-2-6-15(18)8-13/h1-8H,10-11H2/q-1. The maximum absolute atomic E-state index is 10.7. The molecule has 120 valence electrons. The summed E-state index contributed by atoms with van der Waals surface area (Å²) in [5.74, 6) is 1.19. The van der Waals surface area contributed by atoms with Crippen molar-refractivity contribution in [1.29, 1.82) is 0 Å². The van der Waals surface area contributed by atoms with Crippen molar-refractivity contribution >= 4 is 46.7 Å². The van der Waals surface area contributed by atoms with Crippen LogP contribution < -0.4 is 0 Å². The van der Waals surface area contributed by atoms with E-state index in [-0.39, 0.29) is 0 Å². The van der Waals surface area contributed by atoms with Gasteiger partial charge < -0.3 is 0 Å². The van der Waals surface area contributed by atoms with E-state index in [0.717, 1.165) is 11.1 Å². The molecule has 2 rings (SSSR count). The third kappa shape index (κ3) is 6.87. The molecule has 0 unspecified atom stereocenters. The van der Waals surface area contributed by atoms with E-state index >= 15 is 0 Å². The Morgan fingerprint density at radius 3 is 1.87 bits per heavy atom. The van der Waals surface area contributed by atoms with Gasteiger partial charge in [0.25, 0.3) is 0 Å². The summed E-state index contributed by atoms with van der Waals surface area (Å²) in [5, 5.41) is 12.0. The lowest BCUT2D eigenvalue weighted by Gasteiger charge is -2.12. The van der Waals surface area contributed by atoms with E-state index in [1.165, 1.54) is 23.5 Å². The fourth-order valence-corrected chi connectivity index (χ4v) is 4.08. The lowest BCUT2D eigenvalue weighted by molar-refractivity contribution is -0.419. The number of thioether (sulfide) groups is 2. The number of hydrogen-bond donors (Lipinski definition) is 0. The molecule has 0 bridgehead atoms. The van der Waals surface area contributed by atoms with Crippen LogP contribution in [0.25, 0.3) is 0 Å². The molecule has 3 nitrogen and oxygen atoms in total. The second-order valence-electron chi connectivity index (χ2n) is 4.49. The van der Waals surface area contributed by atoms with Gasteiger partial charge in [0, 0.05) is 21.6 Å². The number of nitro groups is 1. The normalized spacial score (nSPS) is 10.3. The van der Waals surface area contributed by atoms with Gasteiger partial charge in [-0.25, -0.2) is 0 Å². The van der Waals surface area contributed by atoms with E-state index in [9.17, 15) is 10.1 Å². The number of nitrogens with zero attached hydrogens (tertiary/aromatic N) is 1. The second kappa shape index (κ2) is 9.23. The van der Waals surface area contributed by atoms with Crippen LogP contribution >= 0.6 is 46.7 Å². The van der Waals surface area contributed by atoms with Crippen LogP contribution in [0.3, 0.4) is 0 Å². The predicted octanol–water partition coefficient (Wildman–Crippen LogP) is 6.04. The second-order valence-corrected chi connectivity index (χ2v) is 7.60. The third-order valence-corrected chi connectivity index (χ3v) is 5.54. The summed E-state index contributed by atoms with van der Waals surface area (Å²) in [6.07, 6.45) is 2.25. The minimum atomic E-state index is -0.550. The Balaban J connectivity index is 1.98. The van der Waals surface area contributed by atoms with Crippen molar-refractivity contribution in [3.8, 4) is 0 Å². The molecule has 0 amide bonds. The zero-order valence-electron chi connectivity index (χ0n) is 11.9. The van der Waals surface area contributed by atoms with Gasteiger partial charge in [-0.2, -0.15) is 0 Å². The summed E-state index contributed by atoms with van der Waals surface area (Å²) in [7, 11) is 0. The SMILES string of the molecule is O=[N+]([O-])[C-]=C(SCc1cccc(Cl)c1)SCc1cccc(Cl)c1. The molecule has 0 radical (unpaired) electrons. The fourth-order valence-electron chi connectivity index (χ4n) is 1.73. The maximum atomic E-state index is 10.7. The summed E-state index contributed by atoms with van der Waals surface area (Å²) in [4.78, 5) is 10.2. The largest absolute Gasteiger partial charge is 0.297 e. The van der Waals surface area contributed by atoms with E-state index < -0.39 is 4.92 Å². The molecule has 0 atom stereocenters. The highest BCUT2D eigenvalue weighted by Gasteiger charge is 2.01. The average Bonchev–Trinajstić information content (AvgIpc) is 2.50. The summed E-state index contributed by atoms with van der Waals surface area (Å²) in [6.45, 7) is 0. The monoisotopic (exact) mass is 384 g/mol. The highest BCUT2D eigenvalue weighted by Crippen LogP contribution is 2.33. The van der Waals surface area contributed by atoms with E-state index in [4.69, 9.17) is 23.2 Å². The number of halogens is 2. The summed E-state index contributed by atoms with van der Waals surface area (Å²) in [6, 6.07) is 14.9. The molecule has 0 heterocycles. The van der Waals surface area contributed by atoms with Crippen molar-refractivity contribution in [2.45, 2.75) is 11.5 Å². The molecule has 23 heavy (non-hydrogen) atoms. The molecule has 0 saturated heterocycles. The van der Waals surface area contributed by atoms with Crippen molar-refractivity contribution in [3.63, 3.8) is 0 Å². The molecule has 0 fully saturated rings. The Hall–Kier alpha value is -1.14. The number of hydrogen-bond acceptors (Lipinski definition) is 4. The zero-order valence-corrected chi connectivity index (χ0v) is 15.0. The van der Waals surface area contributed by atoms with Crippen LogP contribution in [0.5, 0.6) is 0 Å². The smallest absolute Gasteiger partial charge is 0.0409 e. The average molecular weight is 385 g/mol. The molecule has 2 aromatic rings.